The van der Waals surface area contributed by atoms with E-state index in [1.54, 1.807) is 12.1 Å². The van der Waals surface area contributed by atoms with E-state index in [0.717, 1.165) is 0 Å². The quantitative estimate of drug-likeness (QED) is 0.849. The molecule has 23 heavy (non-hydrogen) atoms. The summed E-state index contributed by atoms with van der Waals surface area (Å²) in [6.07, 6.45) is -1.17. The second-order valence-electron chi connectivity index (χ2n) is 7.03. The normalized spacial score (nSPS) is 29.0. The first-order chi connectivity index (χ1) is 10.7. The molecule has 0 spiro atoms. The summed E-state index contributed by atoms with van der Waals surface area (Å²) in [5.74, 6) is -0.119. The molecule has 1 N–H and O–H groups in total. The van der Waals surface area contributed by atoms with Crippen LogP contribution in [-0.2, 0) is 14.0 Å². The number of aliphatic hydroxyl groups is 1. The second-order valence-corrected chi connectivity index (χ2v) is 7.03. The summed E-state index contributed by atoms with van der Waals surface area (Å²) in [5, 5.41) is 9.68. The van der Waals surface area contributed by atoms with Crippen molar-refractivity contribution in [1.82, 2.24) is 0 Å². The van der Waals surface area contributed by atoms with Crippen LogP contribution in [0.3, 0.4) is 0 Å². The highest BCUT2D eigenvalue weighted by atomic mass is 19.1. The van der Waals surface area contributed by atoms with E-state index in [1.165, 1.54) is 6.07 Å². The van der Waals surface area contributed by atoms with Crippen molar-refractivity contribution in [3.05, 3.63) is 24.0 Å². The van der Waals surface area contributed by atoms with Crippen molar-refractivity contribution in [2.75, 3.05) is 13.2 Å². The van der Waals surface area contributed by atoms with Crippen LogP contribution < -0.4 is 10.2 Å². The predicted octanol–water partition coefficient (Wildman–Crippen LogP) is 1.26. The van der Waals surface area contributed by atoms with E-state index in [2.05, 4.69) is 0 Å². The number of hydrogen-bond acceptors (Lipinski definition) is 5. The van der Waals surface area contributed by atoms with Gasteiger partial charge in [-0.3, -0.25) is 0 Å². The maximum absolute atomic E-state index is 14.4. The molecule has 0 bridgehead atoms. The van der Waals surface area contributed by atoms with Crippen LogP contribution in [0.15, 0.2) is 18.2 Å². The fourth-order valence-electron chi connectivity index (χ4n) is 2.55. The molecule has 0 amide bonds. The standard InChI is InChI=1S/C16H22BFO5/c1-15(2)16(3,4)23-17(22-15)11-6-5-10(7-12(11)18)21-14-9-20-8-13(14)19/h5-7,13-14,19H,8-9H2,1-4H3/t13-,14-/m1/s1. The molecular formula is C16H22BFO5. The van der Waals surface area contributed by atoms with Crippen molar-refractivity contribution >= 4 is 12.6 Å². The van der Waals surface area contributed by atoms with Crippen LogP contribution in [0.25, 0.3) is 0 Å². The first-order valence-corrected chi connectivity index (χ1v) is 7.77. The molecule has 2 saturated heterocycles. The maximum Gasteiger partial charge on any atom is 0.497 e. The van der Waals surface area contributed by atoms with Crippen molar-refractivity contribution in [3.63, 3.8) is 0 Å². The molecule has 126 valence electrons. The van der Waals surface area contributed by atoms with Gasteiger partial charge in [0.05, 0.1) is 24.4 Å². The van der Waals surface area contributed by atoms with E-state index in [1.807, 2.05) is 27.7 Å². The minimum absolute atomic E-state index is 0.235. The summed E-state index contributed by atoms with van der Waals surface area (Å²) in [4.78, 5) is 0. The SMILES string of the molecule is CC1(C)OB(c2ccc(O[C@@H]3COC[C@H]3O)cc2F)OC1(C)C. The second kappa shape index (κ2) is 5.74. The summed E-state index contributed by atoms with van der Waals surface area (Å²) >= 11 is 0. The van der Waals surface area contributed by atoms with Gasteiger partial charge in [-0.25, -0.2) is 4.39 Å². The molecule has 0 aliphatic carbocycles. The molecule has 2 fully saturated rings. The molecule has 3 rings (SSSR count). The highest BCUT2D eigenvalue weighted by Gasteiger charge is 2.52. The molecule has 0 unspecified atom stereocenters. The third-order valence-electron chi connectivity index (χ3n) is 4.77. The van der Waals surface area contributed by atoms with E-state index in [4.69, 9.17) is 18.8 Å². The van der Waals surface area contributed by atoms with Gasteiger partial charge >= 0.3 is 7.12 Å². The van der Waals surface area contributed by atoms with Crippen molar-refractivity contribution in [2.45, 2.75) is 51.1 Å². The van der Waals surface area contributed by atoms with Gasteiger partial charge in [0.25, 0.3) is 0 Å². The molecule has 1 aromatic carbocycles. The van der Waals surface area contributed by atoms with Gasteiger partial charge in [0.15, 0.2) is 0 Å². The van der Waals surface area contributed by atoms with Crippen LogP contribution in [0.4, 0.5) is 4.39 Å². The molecule has 7 heteroatoms. The Morgan fingerprint density at radius 3 is 2.35 bits per heavy atom. The zero-order chi connectivity index (χ0) is 16.8. The largest absolute Gasteiger partial charge is 0.497 e. The molecule has 1 aromatic rings. The van der Waals surface area contributed by atoms with Gasteiger partial charge in [-0.05, 0) is 33.8 Å². The molecular weight excluding hydrogens is 302 g/mol. The zero-order valence-corrected chi connectivity index (χ0v) is 13.8. The molecule has 2 atom stereocenters. The minimum atomic E-state index is -0.755. The van der Waals surface area contributed by atoms with Gasteiger partial charge in [-0.15, -0.1) is 0 Å². The summed E-state index contributed by atoms with van der Waals surface area (Å²) in [5.41, 5.74) is -0.714. The minimum Gasteiger partial charge on any atom is -0.485 e. The van der Waals surface area contributed by atoms with Crippen LogP contribution in [0.5, 0.6) is 5.75 Å². The van der Waals surface area contributed by atoms with E-state index < -0.39 is 36.3 Å². The maximum atomic E-state index is 14.4. The predicted molar refractivity (Wildman–Crippen MR) is 83.4 cm³/mol. The number of aliphatic hydroxyl groups excluding tert-OH is 1. The van der Waals surface area contributed by atoms with Crippen LogP contribution >= 0.6 is 0 Å². The topological polar surface area (TPSA) is 57.2 Å². The van der Waals surface area contributed by atoms with Crippen LogP contribution in [0.2, 0.25) is 0 Å². The average Bonchev–Trinajstić information content (AvgIpc) is 2.91. The fourth-order valence-corrected chi connectivity index (χ4v) is 2.55. The highest BCUT2D eigenvalue weighted by molar-refractivity contribution is 6.62. The number of rotatable bonds is 3. The highest BCUT2D eigenvalue weighted by Crippen LogP contribution is 2.36. The lowest BCUT2D eigenvalue weighted by Gasteiger charge is -2.32. The Morgan fingerprint density at radius 2 is 1.83 bits per heavy atom. The van der Waals surface area contributed by atoms with Gasteiger partial charge in [0.2, 0.25) is 0 Å². The van der Waals surface area contributed by atoms with E-state index in [-0.39, 0.29) is 6.61 Å². The van der Waals surface area contributed by atoms with E-state index >= 15 is 0 Å². The summed E-state index contributed by atoms with van der Waals surface area (Å²) in [6.45, 7) is 8.21. The Kier molecular flexibility index (Phi) is 4.17. The first-order valence-electron chi connectivity index (χ1n) is 7.77. The first kappa shape index (κ1) is 16.7. The van der Waals surface area contributed by atoms with Crippen molar-refractivity contribution < 1.29 is 28.3 Å². The van der Waals surface area contributed by atoms with Gasteiger partial charge in [0.1, 0.15) is 23.8 Å². The number of benzene rings is 1. The lowest BCUT2D eigenvalue weighted by Crippen LogP contribution is -2.41. The van der Waals surface area contributed by atoms with E-state index in [9.17, 15) is 9.50 Å². The molecule has 5 nitrogen and oxygen atoms in total. The van der Waals surface area contributed by atoms with Crippen LogP contribution in [0, 0.1) is 5.82 Å². The van der Waals surface area contributed by atoms with Crippen molar-refractivity contribution in [3.8, 4) is 5.75 Å². The summed E-state index contributed by atoms with van der Waals surface area (Å²) in [6, 6.07) is 4.52. The molecule has 2 heterocycles. The molecule has 0 radical (unpaired) electrons. The van der Waals surface area contributed by atoms with Crippen molar-refractivity contribution in [2.24, 2.45) is 0 Å². The Bertz CT molecular complexity index is 576. The van der Waals surface area contributed by atoms with Gasteiger partial charge in [0, 0.05) is 11.5 Å². The summed E-state index contributed by atoms with van der Waals surface area (Å²) < 4.78 is 36.8. The monoisotopic (exact) mass is 324 g/mol. The van der Waals surface area contributed by atoms with E-state index in [0.29, 0.717) is 17.8 Å². The average molecular weight is 324 g/mol. The smallest absolute Gasteiger partial charge is 0.485 e. The van der Waals surface area contributed by atoms with Gasteiger partial charge in [-0.1, -0.05) is 6.07 Å². The molecule has 0 aromatic heterocycles. The number of halogens is 1. The number of hydrogen-bond donors (Lipinski definition) is 1. The third kappa shape index (κ3) is 3.11. The van der Waals surface area contributed by atoms with Gasteiger partial charge in [-0.2, -0.15) is 0 Å². The number of ether oxygens (including phenoxy) is 2. The molecule has 2 aliphatic rings. The fraction of sp³-hybridized carbons (Fsp3) is 0.625. The summed E-state index contributed by atoms with van der Waals surface area (Å²) in [7, 11) is -0.755. The van der Waals surface area contributed by atoms with Crippen LogP contribution in [0.1, 0.15) is 27.7 Å². The van der Waals surface area contributed by atoms with Crippen molar-refractivity contribution in [1.29, 1.82) is 0 Å². The zero-order valence-electron chi connectivity index (χ0n) is 13.8. The van der Waals surface area contributed by atoms with Gasteiger partial charge < -0.3 is 23.9 Å². The Morgan fingerprint density at radius 1 is 1.17 bits per heavy atom. The Balaban J connectivity index is 1.75. The Labute approximate surface area is 135 Å². The lowest BCUT2D eigenvalue weighted by molar-refractivity contribution is 0.00578. The third-order valence-corrected chi connectivity index (χ3v) is 4.77. The molecule has 0 saturated carbocycles. The Hall–Kier alpha value is -1.15. The molecule has 2 aliphatic heterocycles. The van der Waals surface area contributed by atoms with Crippen LogP contribution in [-0.4, -0.2) is 48.8 Å². The lowest BCUT2D eigenvalue weighted by atomic mass is 9.78.